The maximum absolute atomic E-state index is 3.97. The van der Waals surface area contributed by atoms with Gasteiger partial charge in [0.1, 0.15) is 6.33 Å². The number of nitrogens with zero attached hydrogens (tertiary/aromatic N) is 5. The van der Waals surface area contributed by atoms with E-state index in [1.807, 2.05) is 0 Å². The molecule has 0 aromatic carbocycles. The van der Waals surface area contributed by atoms with Crippen LogP contribution in [-0.2, 0) is 7.05 Å². The first-order valence-electron chi connectivity index (χ1n) is 2.83. The zero-order chi connectivity index (χ0) is 6.97. The van der Waals surface area contributed by atoms with Crippen LogP contribution < -0.4 is 0 Å². The molecule has 0 aliphatic carbocycles. The van der Waals surface area contributed by atoms with Crippen molar-refractivity contribution >= 4 is 11.2 Å². The minimum absolute atomic E-state index is 0.727. The van der Waals surface area contributed by atoms with Crippen molar-refractivity contribution in [1.29, 1.82) is 0 Å². The van der Waals surface area contributed by atoms with Crippen LogP contribution in [0.3, 0.4) is 0 Å². The van der Waals surface area contributed by atoms with Gasteiger partial charge in [0.2, 0.25) is 0 Å². The fourth-order valence-corrected chi connectivity index (χ4v) is 0.793. The van der Waals surface area contributed by atoms with E-state index in [9.17, 15) is 0 Å². The van der Waals surface area contributed by atoms with Gasteiger partial charge in [-0.2, -0.15) is 0 Å². The Morgan fingerprint density at radius 1 is 1.50 bits per heavy atom. The SMILES string of the molecule is Cn1nnc2cncnc21. The summed E-state index contributed by atoms with van der Waals surface area (Å²) in [5.74, 6) is 0. The molecule has 0 radical (unpaired) electrons. The highest BCUT2D eigenvalue weighted by atomic mass is 15.4. The minimum atomic E-state index is 0.727. The normalized spacial score (nSPS) is 10.5. The maximum atomic E-state index is 3.97. The highest BCUT2D eigenvalue weighted by Crippen LogP contribution is 2.00. The Morgan fingerprint density at radius 2 is 2.40 bits per heavy atom. The lowest BCUT2D eigenvalue weighted by atomic mass is 10.6. The molecule has 2 aromatic rings. The van der Waals surface area contributed by atoms with Crippen molar-refractivity contribution in [3.8, 4) is 0 Å². The smallest absolute Gasteiger partial charge is 0.181 e. The summed E-state index contributed by atoms with van der Waals surface area (Å²) in [4.78, 5) is 7.77. The first-order chi connectivity index (χ1) is 4.88. The molecule has 0 spiro atoms. The van der Waals surface area contributed by atoms with Crippen molar-refractivity contribution < 1.29 is 0 Å². The summed E-state index contributed by atoms with van der Waals surface area (Å²) < 4.78 is 1.61. The quantitative estimate of drug-likeness (QED) is 0.500. The second-order valence-corrected chi connectivity index (χ2v) is 1.94. The third kappa shape index (κ3) is 0.570. The molecule has 2 heterocycles. The Hall–Kier alpha value is -1.52. The van der Waals surface area contributed by atoms with E-state index in [1.54, 1.807) is 17.9 Å². The van der Waals surface area contributed by atoms with Gasteiger partial charge < -0.3 is 0 Å². The average Bonchev–Trinajstić information content (AvgIpc) is 2.34. The number of rotatable bonds is 0. The molecule has 0 unspecified atom stereocenters. The summed E-state index contributed by atoms with van der Waals surface area (Å²) in [6.45, 7) is 0. The molecule has 0 N–H and O–H groups in total. The maximum Gasteiger partial charge on any atom is 0.181 e. The average molecular weight is 135 g/mol. The first-order valence-corrected chi connectivity index (χ1v) is 2.83. The number of hydrogen-bond donors (Lipinski definition) is 0. The third-order valence-electron chi connectivity index (χ3n) is 1.27. The molecular weight excluding hydrogens is 130 g/mol. The van der Waals surface area contributed by atoms with Crippen LogP contribution >= 0.6 is 0 Å². The molecule has 0 saturated carbocycles. The van der Waals surface area contributed by atoms with Gasteiger partial charge in [-0.15, -0.1) is 5.10 Å². The lowest BCUT2D eigenvalue weighted by Gasteiger charge is -1.85. The predicted octanol–water partition coefficient (Wildman–Crippen LogP) is -0.242. The summed E-state index contributed by atoms with van der Waals surface area (Å²) >= 11 is 0. The van der Waals surface area contributed by atoms with Crippen LogP contribution in [0.5, 0.6) is 0 Å². The molecule has 0 atom stereocenters. The Bertz CT molecular complexity index is 352. The first kappa shape index (κ1) is 5.28. The van der Waals surface area contributed by atoms with Crippen molar-refractivity contribution in [2.24, 2.45) is 7.05 Å². The van der Waals surface area contributed by atoms with E-state index in [2.05, 4.69) is 20.3 Å². The molecule has 0 bridgehead atoms. The fourth-order valence-electron chi connectivity index (χ4n) is 0.793. The minimum Gasteiger partial charge on any atom is -0.242 e. The topological polar surface area (TPSA) is 56.5 Å². The lowest BCUT2D eigenvalue weighted by Crippen LogP contribution is -1.91. The van der Waals surface area contributed by atoms with Crippen molar-refractivity contribution in [2.45, 2.75) is 0 Å². The summed E-state index contributed by atoms with van der Waals surface area (Å²) in [7, 11) is 1.79. The molecule has 0 aliphatic rings. The zero-order valence-electron chi connectivity index (χ0n) is 5.39. The molecule has 5 nitrogen and oxygen atoms in total. The zero-order valence-corrected chi connectivity index (χ0v) is 5.39. The highest BCUT2D eigenvalue weighted by molar-refractivity contribution is 5.67. The summed E-state index contributed by atoms with van der Waals surface area (Å²) in [5.41, 5.74) is 1.49. The van der Waals surface area contributed by atoms with E-state index in [4.69, 9.17) is 0 Å². The van der Waals surface area contributed by atoms with E-state index < -0.39 is 0 Å². The molecule has 0 amide bonds. The number of hydrogen-bond acceptors (Lipinski definition) is 4. The van der Waals surface area contributed by atoms with E-state index >= 15 is 0 Å². The summed E-state index contributed by atoms with van der Waals surface area (Å²) in [6.07, 6.45) is 3.11. The molecule has 10 heavy (non-hydrogen) atoms. The highest BCUT2D eigenvalue weighted by Gasteiger charge is 1.98. The monoisotopic (exact) mass is 135 g/mol. The van der Waals surface area contributed by atoms with Crippen LogP contribution in [0.15, 0.2) is 12.5 Å². The fraction of sp³-hybridized carbons (Fsp3) is 0.200. The second kappa shape index (κ2) is 1.73. The largest absolute Gasteiger partial charge is 0.242 e. The van der Waals surface area contributed by atoms with Gasteiger partial charge in [0.25, 0.3) is 0 Å². The Morgan fingerprint density at radius 3 is 3.20 bits per heavy atom. The summed E-state index contributed by atoms with van der Waals surface area (Å²) in [6, 6.07) is 0. The molecule has 50 valence electrons. The Kier molecular flexibility index (Phi) is 0.913. The van der Waals surface area contributed by atoms with E-state index in [0.29, 0.717) is 0 Å². The van der Waals surface area contributed by atoms with Crippen molar-refractivity contribution in [2.75, 3.05) is 0 Å². The van der Waals surface area contributed by atoms with Gasteiger partial charge in [0.15, 0.2) is 11.2 Å². The van der Waals surface area contributed by atoms with Gasteiger partial charge in [-0.25, -0.2) is 14.6 Å². The Balaban J connectivity index is 2.93. The standard InChI is InChI=1S/C5H5N5/c1-10-5-4(8-9-10)2-6-3-7-5/h2-3H,1H3. The predicted molar refractivity (Wildman–Crippen MR) is 34.1 cm³/mol. The van der Waals surface area contributed by atoms with Gasteiger partial charge in [0, 0.05) is 7.05 Å². The van der Waals surface area contributed by atoms with Crippen LogP contribution in [0.4, 0.5) is 0 Å². The van der Waals surface area contributed by atoms with Gasteiger partial charge in [-0.3, -0.25) is 0 Å². The van der Waals surface area contributed by atoms with Crippen LogP contribution in [-0.4, -0.2) is 25.0 Å². The molecule has 2 rings (SSSR count). The van der Waals surface area contributed by atoms with Crippen molar-refractivity contribution in [3.63, 3.8) is 0 Å². The van der Waals surface area contributed by atoms with E-state index in [1.165, 1.54) is 6.33 Å². The molecule has 0 fully saturated rings. The van der Waals surface area contributed by atoms with Gasteiger partial charge in [-0.05, 0) is 0 Å². The van der Waals surface area contributed by atoms with E-state index in [0.717, 1.165) is 11.2 Å². The number of aryl methyl sites for hydroxylation is 1. The molecule has 0 saturated heterocycles. The third-order valence-corrected chi connectivity index (χ3v) is 1.27. The van der Waals surface area contributed by atoms with Gasteiger partial charge >= 0.3 is 0 Å². The summed E-state index contributed by atoms with van der Waals surface area (Å²) in [5, 5.41) is 7.57. The number of fused-ring (bicyclic) bond motifs is 1. The molecule has 5 heteroatoms. The molecule has 0 aliphatic heterocycles. The molecular formula is C5H5N5. The van der Waals surface area contributed by atoms with Crippen LogP contribution in [0.2, 0.25) is 0 Å². The van der Waals surface area contributed by atoms with Crippen LogP contribution in [0.25, 0.3) is 11.2 Å². The van der Waals surface area contributed by atoms with Gasteiger partial charge in [-0.1, -0.05) is 5.21 Å². The van der Waals surface area contributed by atoms with Crippen LogP contribution in [0.1, 0.15) is 0 Å². The van der Waals surface area contributed by atoms with Crippen molar-refractivity contribution in [1.82, 2.24) is 25.0 Å². The lowest BCUT2D eigenvalue weighted by molar-refractivity contribution is 0.729. The van der Waals surface area contributed by atoms with E-state index in [-0.39, 0.29) is 0 Å². The van der Waals surface area contributed by atoms with Crippen molar-refractivity contribution in [3.05, 3.63) is 12.5 Å². The molecule has 2 aromatic heterocycles. The van der Waals surface area contributed by atoms with Gasteiger partial charge in [0.05, 0.1) is 6.20 Å². The number of aromatic nitrogens is 5. The van der Waals surface area contributed by atoms with Crippen LogP contribution in [0, 0.1) is 0 Å². The second-order valence-electron chi connectivity index (χ2n) is 1.94. The Labute approximate surface area is 56.7 Å².